The number of fused-ring (bicyclic) bond motifs is 3. The number of aryl methyl sites for hydroxylation is 1. The van der Waals surface area contributed by atoms with Crippen molar-refractivity contribution in [3.05, 3.63) is 63.3 Å². The zero-order valence-electron chi connectivity index (χ0n) is 13.4. The van der Waals surface area contributed by atoms with E-state index in [0.717, 1.165) is 10.9 Å². The van der Waals surface area contributed by atoms with Crippen molar-refractivity contribution in [1.29, 1.82) is 0 Å². The van der Waals surface area contributed by atoms with Crippen LogP contribution >= 0.6 is 11.6 Å². The van der Waals surface area contributed by atoms with Crippen LogP contribution in [0.4, 0.5) is 4.39 Å². The molecule has 4 rings (SSSR count). The molecule has 2 heterocycles. The number of aromatic nitrogens is 3. The largest absolute Gasteiger partial charge is 0.496 e. The van der Waals surface area contributed by atoms with Crippen LogP contribution in [-0.2, 0) is 0 Å². The molecule has 25 heavy (non-hydrogen) atoms. The molecule has 7 heteroatoms. The van der Waals surface area contributed by atoms with Crippen LogP contribution in [0.25, 0.3) is 27.7 Å². The maximum atomic E-state index is 13.5. The zero-order valence-corrected chi connectivity index (χ0v) is 14.2. The van der Waals surface area contributed by atoms with E-state index in [2.05, 4.69) is 10.2 Å². The van der Waals surface area contributed by atoms with Gasteiger partial charge in [0, 0.05) is 10.9 Å². The molecule has 0 fully saturated rings. The lowest BCUT2D eigenvalue weighted by molar-refractivity contribution is 0.417. The predicted molar refractivity (Wildman–Crippen MR) is 95.0 cm³/mol. The van der Waals surface area contributed by atoms with Gasteiger partial charge in [-0.1, -0.05) is 17.7 Å². The van der Waals surface area contributed by atoms with Gasteiger partial charge in [-0.25, -0.2) is 18.7 Å². The van der Waals surface area contributed by atoms with E-state index in [1.54, 1.807) is 13.2 Å². The monoisotopic (exact) mass is 357 g/mol. The lowest BCUT2D eigenvalue weighted by Crippen LogP contribution is -2.10. The van der Waals surface area contributed by atoms with Crippen LogP contribution < -0.4 is 10.4 Å². The van der Waals surface area contributed by atoms with E-state index in [0.29, 0.717) is 28.0 Å². The molecule has 0 amide bonds. The SMILES string of the molecule is COc1cc2c(C)cc3n[nH]c(=O)n3c2cc1-c1ccc(F)c(Cl)c1. The van der Waals surface area contributed by atoms with Gasteiger partial charge in [0.15, 0.2) is 5.65 Å². The maximum Gasteiger partial charge on any atom is 0.348 e. The van der Waals surface area contributed by atoms with Crippen molar-refractivity contribution in [3.63, 3.8) is 0 Å². The predicted octanol–water partition coefficient (Wildman–Crippen LogP) is 3.95. The second kappa shape index (κ2) is 5.60. The molecule has 126 valence electrons. The Balaban J connectivity index is 2.13. The average molecular weight is 358 g/mol. The minimum Gasteiger partial charge on any atom is -0.496 e. The third-order valence-corrected chi connectivity index (χ3v) is 4.55. The summed E-state index contributed by atoms with van der Waals surface area (Å²) in [5.41, 5.74) is 3.25. The Bertz CT molecular complexity index is 1200. The first-order valence-corrected chi connectivity index (χ1v) is 7.91. The zero-order chi connectivity index (χ0) is 17.7. The number of H-pyrrole nitrogens is 1. The van der Waals surface area contributed by atoms with Crippen LogP contribution in [0.15, 0.2) is 41.2 Å². The first kappa shape index (κ1) is 15.7. The highest BCUT2D eigenvalue weighted by molar-refractivity contribution is 6.31. The van der Waals surface area contributed by atoms with Crippen molar-refractivity contribution in [2.45, 2.75) is 6.92 Å². The van der Waals surface area contributed by atoms with E-state index in [1.807, 2.05) is 25.1 Å². The molecule has 0 unspecified atom stereocenters. The molecule has 0 saturated carbocycles. The minimum atomic E-state index is -0.491. The number of aromatic amines is 1. The Morgan fingerprint density at radius 2 is 2.04 bits per heavy atom. The maximum absolute atomic E-state index is 13.5. The topological polar surface area (TPSA) is 59.4 Å². The minimum absolute atomic E-state index is 0.0227. The van der Waals surface area contributed by atoms with Gasteiger partial charge < -0.3 is 4.74 Å². The van der Waals surface area contributed by atoms with Gasteiger partial charge in [-0.15, -0.1) is 0 Å². The van der Waals surface area contributed by atoms with Gasteiger partial charge >= 0.3 is 5.69 Å². The first-order chi connectivity index (χ1) is 12.0. The fourth-order valence-corrected chi connectivity index (χ4v) is 3.22. The Labute approximate surface area is 146 Å². The van der Waals surface area contributed by atoms with Crippen molar-refractivity contribution in [2.75, 3.05) is 7.11 Å². The summed E-state index contributed by atoms with van der Waals surface area (Å²) in [7, 11) is 1.56. The van der Waals surface area contributed by atoms with Gasteiger partial charge in [0.1, 0.15) is 11.6 Å². The van der Waals surface area contributed by atoms with Gasteiger partial charge in [0.25, 0.3) is 0 Å². The summed E-state index contributed by atoms with van der Waals surface area (Å²) in [6.07, 6.45) is 0. The van der Waals surface area contributed by atoms with Gasteiger partial charge in [0.05, 0.1) is 17.6 Å². The van der Waals surface area contributed by atoms with E-state index < -0.39 is 5.82 Å². The summed E-state index contributed by atoms with van der Waals surface area (Å²) in [5.74, 6) is 0.114. The summed E-state index contributed by atoms with van der Waals surface area (Å²) in [6.45, 7) is 1.94. The van der Waals surface area contributed by atoms with Crippen molar-refractivity contribution >= 4 is 28.2 Å². The normalized spacial score (nSPS) is 11.4. The lowest BCUT2D eigenvalue weighted by Gasteiger charge is -2.13. The molecule has 4 aromatic rings. The molecule has 2 aromatic carbocycles. The number of methoxy groups -OCH3 is 1. The summed E-state index contributed by atoms with van der Waals surface area (Å²) < 4.78 is 20.5. The standard InChI is InChI=1S/C18H13ClFN3O2/c1-9-5-17-21-22-18(24)23(17)15-7-12(16(25-2)8-11(9)15)10-3-4-14(20)13(19)6-10/h3-8H,1-2H3,(H,22,24). The van der Waals surface area contributed by atoms with Crippen molar-refractivity contribution < 1.29 is 9.13 Å². The van der Waals surface area contributed by atoms with E-state index in [4.69, 9.17) is 16.3 Å². The van der Waals surface area contributed by atoms with E-state index >= 15 is 0 Å². The molecule has 0 bridgehead atoms. The summed E-state index contributed by atoms with van der Waals surface area (Å²) in [4.78, 5) is 12.1. The van der Waals surface area contributed by atoms with Crippen molar-refractivity contribution in [3.8, 4) is 16.9 Å². The molecule has 0 radical (unpaired) electrons. The van der Waals surface area contributed by atoms with E-state index in [1.165, 1.54) is 16.5 Å². The Hall–Kier alpha value is -2.86. The highest BCUT2D eigenvalue weighted by atomic mass is 35.5. The van der Waals surface area contributed by atoms with Crippen molar-refractivity contribution in [1.82, 2.24) is 14.6 Å². The Morgan fingerprint density at radius 1 is 1.24 bits per heavy atom. The molecular weight excluding hydrogens is 345 g/mol. The molecule has 1 N–H and O–H groups in total. The quantitative estimate of drug-likeness (QED) is 0.591. The second-order valence-corrected chi connectivity index (χ2v) is 6.16. The summed E-state index contributed by atoms with van der Waals surface area (Å²) in [5, 5.41) is 7.37. The smallest absolute Gasteiger partial charge is 0.348 e. The number of ether oxygens (including phenoxy) is 1. The molecule has 0 atom stereocenters. The fraction of sp³-hybridized carbons (Fsp3) is 0.111. The average Bonchev–Trinajstić information content (AvgIpc) is 2.97. The molecular formula is C18H13ClFN3O2. The number of hydrogen-bond acceptors (Lipinski definition) is 3. The number of nitrogens with one attached hydrogen (secondary N) is 1. The third kappa shape index (κ3) is 2.37. The lowest BCUT2D eigenvalue weighted by atomic mass is 10.0. The van der Waals surface area contributed by atoms with Gasteiger partial charge in [-0.3, -0.25) is 0 Å². The number of pyridine rings is 1. The van der Waals surface area contributed by atoms with Gasteiger partial charge in [-0.05, 0) is 48.4 Å². The molecule has 5 nitrogen and oxygen atoms in total. The Morgan fingerprint density at radius 3 is 2.76 bits per heavy atom. The van der Waals surface area contributed by atoms with Gasteiger partial charge in [0.2, 0.25) is 0 Å². The molecule has 0 spiro atoms. The molecule has 0 aliphatic carbocycles. The van der Waals surface area contributed by atoms with E-state index in [9.17, 15) is 9.18 Å². The molecule has 0 aliphatic heterocycles. The van der Waals surface area contributed by atoms with Crippen LogP contribution in [0, 0.1) is 12.7 Å². The summed E-state index contributed by atoms with van der Waals surface area (Å²) in [6, 6.07) is 9.97. The highest BCUT2D eigenvalue weighted by Crippen LogP contribution is 2.36. The van der Waals surface area contributed by atoms with Gasteiger partial charge in [-0.2, -0.15) is 5.10 Å². The summed E-state index contributed by atoms with van der Waals surface area (Å²) >= 11 is 5.92. The van der Waals surface area contributed by atoms with Crippen LogP contribution in [0.1, 0.15) is 5.56 Å². The molecule has 0 aliphatic rings. The number of rotatable bonds is 2. The number of hydrogen-bond donors (Lipinski definition) is 1. The number of halogens is 2. The number of nitrogens with zero attached hydrogens (tertiary/aromatic N) is 2. The molecule has 0 saturated heterocycles. The van der Waals surface area contributed by atoms with Crippen LogP contribution in [0.5, 0.6) is 5.75 Å². The second-order valence-electron chi connectivity index (χ2n) is 5.75. The third-order valence-electron chi connectivity index (χ3n) is 4.26. The number of benzene rings is 2. The fourth-order valence-electron chi connectivity index (χ4n) is 3.04. The first-order valence-electron chi connectivity index (χ1n) is 7.53. The van der Waals surface area contributed by atoms with Crippen LogP contribution in [-0.4, -0.2) is 21.7 Å². The van der Waals surface area contributed by atoms with E-state index in [-0.39, 0.29) is 10.7 Å². The highest BCUT2D eigenvalue weighted by Gasteiger charge is 2.15. The molecule has 2 aromatic heterocycles. The van der Waals surface area contributed by atoms with Crippen LogP contribution in [0.2, 0.25) is 5.02 Å². The Kier molecular flexibility index (Phi) is 3.51. The van der Waals surface area contributed by atoms with Crippen LogP contribution in [0.3, 0.4) is 0 Å². The van der Waals surface area contributed by atoms with Crippen molar-refractivity contribution in [2.24, 2.45) is 0 Å².